The molecule has 34 heavy (non-hydrogen) atoms. The number of aryl methyl sites for hydroxylation is 2. The van der Waals surface area contributed by atoms with Crippen molar-refractivity contribution in [1.82, 2.24) is 4.57 Å². The molecule has 0 saturated carbocycles. The molecule has 0 aliphatic carbocycles. The van der Waals surface area contributed by atoms with E-state index in [4.69, 9.17) is 16.3 Å². The second-order valence-electron chi connectivity index (χ2n) is 8.36. The van der Waals surface area contributed by atoms with Gasteiger partial charge in [-0.25, -0.2) is 0 Å². The van der Waals surface area contributed by atoms with E-state index in [2.05, 4.69) is 39.0 Å². The number of hydrogen-bond donors (Lipinski definition) is 1. The summed E-state index contributed by atoms with van der Waals surface area (Å²) in [5.74, 6) is -0.465. The third kappa shape index (κ3) is 5.01. The van der Waals surface area contributed by atoms with E-state index in [1.165, 1.54) is 5.69 Å². The van der Waals surface area contributed by atoms with E-state index >= 15 is 0 Å². The third-order valence-corrected chi connectivity index (χ3v) is 6.30. The Balaban J connectivity index is 1.59. The van der Waals surface area contributed by atoms with Gasteiger partial charge in [0.05, 0.1) is 13.2 Å². The summed E-state index contributed by atoms with van der Waals surface area (Å²) < 4.78 is 7.57. The Morgan fingerprint density at radius 3 is 2.41 bits per heavy atom. The molecule has 0 bridgehead atoms. The smallest absolute Gasteiger partial charge is 0.266 e. The normalized spacial score (nSPS) is 14.1. The Hall–Kier alpha value is -3.53. The van der Waals surface area contributed by atoms with Crippen molar-refractivity contribution < 1.29 is 9.53 Å². The van der Waals surface area contributed by atoms with Gasteiger partial charge in [0.2, 0.25) is 0 Å². The zero-order valence-electron chi connectivity index (χ0n) is 19.6. The number of ether oxygens (including phenoxy) is 1. The largest absolute Gasteiger partial charge is 0.378 e. The Bertz CT molecular complexity index is 1280. The lowest BCUT2D eigenvalue weighted by atomic mass is 10.1. The number of carbonyl (C=O) groups is 1. The molecule has 0 atom stereocenters. The second kappa shape index (κ2) is 10.2. The van der Waals surface area contributed by atoms with Gasteiger partial charge in [0.15, 0.2) is 0 Å². The van der Waals surface area contributed by atoms with Crippen molar-refractivity contribution in [3.05, 3.63) is 81.6 Å². The molecule has 1 aromatic heterocycles. The van der Waals surface area contributed by atoms with Gasteiger partial charge in [-0.2, -0.15) is 5.26 Å². The number of halogens is 1. The maximum absolute atomic E-state index is 12.8. The van der Waals surface area contributed by atoms with Crippen LogP contribution in [0.3, 0.4) is 0 Å². The Kier molecular flexibility index (Phi) is 7.06. The van der Waals surface area contributed by atoms with E-state index in [9.17, 15) is 10.1 Å². The fourth-order valence-corrected chi connectivity index (χ4v) is 4.36. The molecule has 4 rings (SSSR count). The first-order valence-electron chi connectivity index (χ1n) is 11.2. The number of nitriles is 1. The molecule has 0 radical (unpaired) electrons. The van der Waals surface area contributed by atoms with Crippen LogP contribution in [0.4, 0.5) is 11.4 Å². The van der Waals surface area contributed by atoms with Crippen molar-refractivity contribution in [2.75, 3.05) is 36.5 Å². The number of carbonyl (C=O) groups excluding carboxylic acids is 1. The van der Waals surface area contributed by atoms with E-state index in [0.29, 0.717) is 10.7 Å². The summed E-state index contributed by atoms with van der Waals surface area (Å²) in [6.45, 7) is 9.16. The van der Waals surface area contributed by atoms with Crippen molar-refractivity contribution in [3.8, 4) is 11.8 Å². The lowest BCUT2D eigenvalue weighted by molar-refractivity contribution is -0.112. The highest BCUT2D eigenvalue weighted by Gasteiger charge is 2.16. The van der Waals surface area contributed by atoms with E-state index in [1.54, 1.807) is 18.2 Å². The van der Waals surface area contributed by atoms with Gasteiger partial charge < -0.3 is 19.5 Å². The van der Waals surface area contributed by atoms with Crippen LogP contribution in [0.2, 0.25) is 5.02 Å². The molecule has 2 aromatic carbocycles. The predicted octanol–water partition coefficient (Wildman–Crippen LogP) is 5.44. The number of nitrogens with one attached hydrogen (secondary N) is 1. The molecule has 1 saturated heterocycles. The van der Waals surface area contributed by atoms with E-state index in [0.717, 1.165) is 54.5 Å². The predicted molar refractivity (Wildman–Crippen MR) is 137 cm³/mol. The van der Waals surface area contributed by atoms with Crippen LogP contribution in [-0.4, -0.2) is 36.8 Å². The molecule has 174 valence electrons. The molecule has 2 heterocycles. The summed E-state index contributed by atoms with van der Waals surface area (Å²) in [7, 11) is 0. The molecule has 1 aliphatic rings. The Labute approximate surface area is 205 Å². The van der Waals surface area contributed by atoms with Crippen LogP contribution >= 0.6 is 11.6 Å². The molecule has 1 N–H and O–H groups in total. The fourth-order valence-electron chi connectivity index (χ4n) is 4.19. The number of benzene rings is 2. The standard InChI is InChI=1S/C27H27ClN4O2/c1-18-4-5-23(28)16-26(18)30-27(33)22(17-29)15-21-14-19(2)32(20(21)3)25-8-6-24(7-9-25)31-10-12-34-13-11-31/h4-9,14-16H,10-13H2,1-3H3,(H,30,33)/b22-15-. The lowest BCUT2D eigenvalue weighted by Crippen LogP contribution is -2.36. The minimum absolute atomic E-state index is 0.0299. The zero-order chi connectivity index (χ0) is 24.2. The van der Waals surface area contributed by atoms with Crippen molar-refractivity contribution in [3.63, 3.8) is 0 Å². The maximum Gasteiger partial charge on any atom is 0.266 e. The topological polar surface area (TPSA) is 70.3 Å². The number of morpholine rings is 1. The maximum atomic E-state index is 12.8. The summed E-state index contributed by atoms with van der Waals surface area (Å²) >= 11 is 6.05. The van der Waals surface area contributed by atoms with Gasteiger partial charge >= 0.3 is 0 Å². The summed E-state index contributed by atoms with van der Waals surface area (Å²) in [6.07, 6.45) is 1.64. The highest BCUT2D eigenvalue weighted by atomic mass is 35.5. The van der Waals surface area contributed by atoms with Gasteiger partial charge in [-0.1, -0.05) is 17.7 Å². The zero-order valence-corrected chi connectivity index (χ0v) is 20.3. The average molecular weight is 475 g/mol. The fraction of sp³-hybridized carbons (Fsp3) is 0.259. The molecule has 7 heteroatoms. The van der Waals surface area contributed by atoms with Gasteiger partial charge in [0.1, 0.15) is 11.6 Å². The number of aromatic nitrogens is 1. The lowest BCUT2D eigenvalue weighted by Gasteiger charge is -2.29. The monoisotopic (exact) mass is 474 g/mol. The SMILES string of the molecule is Cc1ccc(Cl)cc1NC(=O)/C(C#N)=C\c1cc(C)n(-c2ccc(N3CCOCC3)cc2)c1C. The Morgan fingerprint density at radius 1 is 1.06 bits per heavy atom. The summed E-state index contributed by atoms with van der Waals surface area (Å²) in [5.41, 5.74) is 6.49. The quantitative estimate of drug-likeness (QED) is 0.395. The third-order valence-electron chi connectivity index (χ3n) is 6.07. The van der Waals surface area contributed by atoms with Crippen LogP contribution in [0, 0.1) is 32.1 Å². The van der Waals surface area contributed by atoms with Crippen LogP contribution in [0.25, 0.3) is 11.8 Å². The molecular formula is C27H27ClN4O2. The van der Waals surface area contributed by atoms with Gasteiger partial charge in [-0.05, 0) is 80.4 Å². The molecule has 1 fully saturated rings. The van der Waals surface area contributed by atoms with Crippen molar-refractivity contribution in [2.45, 2.75) is 20.8 Å². The van der Waals surface area contributed by atoms with Gasteiger partial charge in [-0.3, -0.25) is 4.79 Å². The van der Waals surface area contributed by atoms with Crippen LogP contribution in [0.5, 0.6) is 0 Å². The average Bonchev–Trinajstić information content (AvgIpc) is 3.13. The number of amides is 1. The molecule has 0 unspecified atom stereocenters. The van der Waals surface area contributed by atoms with Crippen LogP contribution in [0.1, 0.15) is 22.5 Å². The first-order valence-corrected chi connectivity index (χ1v) is 11.6. The highest BCUT2D eigenvalue weighted by molar-refractivity contribution is 6.31. The highest BCUT2D eigenvalue weighted by Crippen LogP contribution is 2.26. The van der Waals surface area contributed by atoms with E-state index in [-0.39, 0.29) is 5.57 Å². The van der Waals surface area contributed by atoms with Crippen molar-refractivity contribution in [1.29, 1.82) is 5.26 Å². The minimum atomic E-state index is -0.465. The van der Waals surface area contributed by atoms with E-state index < -0.39 is 5.91 Å². The first kappa shape index (κ1) is 23.6. The number of rotatable bonds is 5. The van der Waals surface area contributed by atoms with E-state index in [1.807, 2.05) is 39.0 Å². The Morgan fingerprint density at radius 2 is 1.74 bits per heavy atom. The molecular weight excluding hydrogens is 448 g/mol. The minimum Gasteiger partial charge on any atom is -0.378 e. The molecule has 6 nitrogen and oxygen atoms in total. The summed E-state index contributed by atoms with van der Waals surface area (Å²) in [5, 5.41) is 13.0. The molecule has 1 amide bonds. The summed E-state index contributed by atoms with van der Waals surface area (Å²) in [4.78, 5) is 15.1. The van der Waals surface area contributed by atoms with Gasteiger partial charge in [0.25, 0.3) is 5.91 Å². The second-order valence-corrected chi connectivity index (χ2v) is 8.80. The van der Waals surface area contributed by atoms with Gasteiger partial charge in [0, 0.05) is 46.6 Å². The molecule has 0 spiro atoms. The van der Waals surface area contributed by atoms with Crippen molar-refractivity contribution in [2.24, 2.45) is 0 Å². The van der Waals surface area contributed by atoms with Crippen LogP contribution < -0.4 is 10.2 Å². The van der Waals surface area contributed by atoms with Gasteiger partial charge in [-0.15, -0.1) is 0 Å². The molecule has 1 aliphatic heterocycles. The first-order chi connectivity index (χ1) is 16.4. The van der Waals surface area contributed by atoms with Crippen molar-refractivity contribution >= 4 is 35.0 Å². The summed E-state index contributed by atoms with van der Waals surface area (Å²) in [6, 6.07) is 17.7. The number of hydrogen-bond acceptors (Lipinski definition) is 4. The molecule has 3 aromatic rings. The van der Waals surface area contributed by atoms with Crippen LogP contribution in [-0.2, 0) is 9.53 Å². The van der Waals surface area contributed by atoms with Crippen LogP contribution in [0.15, 0.2) is 54.1 Å². The number of nitrogens with zero attached hydrogens (tertiary/aromatic N) is 3. The number of anilines is 2.